The molecule has 0 aliphatic carbocycles. The van der Waals surface area contributed by atoms with Crippen molar-refractivity contribution in [1.82, 2.24) is 0 Å². The second-order valence-corrected chi connectivity index (χ2v) is 8.66. The Morgan fingerprint density at radius 1 is 0.581 bits per heavy atom. The van der Waals surface area contributed by atoms with Gasteiger partial charge in [0.25, 0.3) is 11.4 Å². The van der Waals surface area contributed by atoms with E-state index in [1.165, 1.54) is 0 Å². The molecule has 0 heterocycles. The van der Waals surface area contributed by atoms with Gasteiger partial charge in [0, 0.05) is 12.1 Å². The molecule has 4 rings (SSSR count). The Labute approximate surface area is 236 Å². The van der Waals surface area contributed by atoms with E-state index in [4.69, 9.17) is 4.74 Å². The maximum Gasteiger partial charge on any atom is 0.416 e. The lowest BCUT2D eigenvalue weighted by molar-refractivity contribution is -0.384. The van der Waals surface area contributed by atoms with Crippen molar-refractivity contribution in [3.05, 3.63) is 115 Å². The Morgan fingerprint density at radius 2 is 0.907 bits per heavy atom. The fourth-order valence-electron chi connectivity index (χ4n) is 4.20. The molecule has 0 aromatic heterocycles. The molecule has 0 spiro atoms. The van der Waals surface area contributed by atoms with Crippen molar-refractivity contribution in [3.8, 4) is 45.9 Å². The predicted molar refractivity (Wildman–Crippen MR) is 137 cm³/mol. The van der Waals surface area contributed by atoms with Gasteiger partial charge in [0.05, 0.1) is 32.1 Å². The van der Waals surface area contributed by atoms with Crippen LogP contribution < -0.4 is 4.74 Å². The van der Waals surface area contributed by atoms with Crippen molar-refractivity contribution in [2.75, 3.05) is 0 Å². The van der Waals surface area contributed by atoms with E-state index in [1.54, 1.807) is 12.1 Å². The van der Waals surface area contributed by atoms with Crippen molar-refractivity contribution in [2.24, 2.45) is 0 Å². The SMILES string of the molecule is N#Cc1c(Oc2ccc([N+](=O)[O-])c(-c3ccc(C(F)(F)F)cc3)c2C#N)ccc([N+](=O)[O-])c1-c1ccc(C(F)(F)F)cc1. The van der Waals surface area contributed by atoms with E-state index in [2.05, 4.69) is 0 Å². The average Bonchev–Trinajstić information content (AvgIpc) is 2.95. The lowest BCUT2D eigenvalue weighted by Gasteiger charge is -2.15. The Bertz CT molecular complexity index is 1700. The number of nitriles is 2. The van der Waals surface area contributed by atoms with Crippen molar-refractivity contribution in [3.63, 3.8) is 0 Å². The molecule has 0 unspecified atom stereocenters. The number of hydrogen-bond acceptors (Lipinski definition) is 7. The summed E-state index contributed by atoms with van der Waals surface area (Å²) in [6.07, 6.45) is -9.41. The van der Waals surface area contributed by atoms with Crippen LogP contribution in [0.4, 0.5) is 37.7 Å². The first-order valence-electron chi connectivity index (χ1n) is 11.6. The van der Waals surface area contributed by atoms with E-state index in [0.29, 0.717) is 24.3 Å². The Kier molecular flexibility index (Phi) is 7.77. The number of nitro groups is 2. The molecule has 0 bridgehead atoms. The molecular weight excluding hydrogens is 586 g/mol. The van der Waals surface area contributed by atoms with Gasteiger partial charge in [-0.1, -0.05) is 24.3 Å². The highest BCUT2D eigenvalue weighted by Gasteiger charge is 2.33. The first kappa shape index (κ1) is 30.0. The number of alkyl halides is 6. The topological polar surface area (TPSA) is 143 Å². The second-order valence-electron chi connectivity index (χ2n) is 8.66. The highest BCUT2D eigenvalue weighted by molar-refractivity contribution is 5.84. The van der Waals surface area contributed by atoms with Crippen LogP contribution in [0.15, 0.2) is 72.8 Å². The molecule has 0 aliphatic heterocycles. The number of rotatable bonds is 6. The summed E-state index contributed by atoms with van der Waals surface area (Å²) in [7, 11) is 0. The molecule has 9 nitrogen and oxygen atoms in total. The molecule has 0 aliphatic rings. The zero-order chi connectivity index (χ0) is 31.7. The molecule has 0 N–H and O–H groups in total. The number of nitrogens with zero attached hydrogens (tertiary/aromatic N) is 4. The molecule has 0 radical (unpaired) electrons. The fourth-order valence-corrected chi connectivity index (χ4v) is 4.20. The normalized spacial score (nSPS) is 11.3. The quantitative estimate of drug-likeness (QED) is 0.123. The Hall–Kier alpha value is -5.96. The van der Waals surface area contributed by atoms with E-state index < -0.39 is 78.5 Å². The molecule has 0 saturated carbocycles. The van der Waals surface area contributed by atoms with Crippen LogP contribution >= 0.6 is 0 Å². The van der Waals surface area contributed by atoms with E-state index in [-0.39, 0.29) is 11.1 Å². The van der Waals surface area contributed by atoms with Gasteiger partial charge in [-0.25, -0.2) is 0 Å². The van der Waals surface area contributed by atoms with Gasteiger partial charge in [-0.05, 0) is 47.5 Å². The zero-order valence-electron chi connectivity index (χ0n) is 21.0. The number of benzene rings is 4. The molecule has 0 fully saturated rings. The largest absolute Gasteiger partial charge is 0.455 e. The summed E-state index contributed by atoms with van der Waals surface area (Å²) >= 11 is 0. The summed E-state index contributed by atoms with van der Waals surface area (Å²) < 4.78 is 84.1. The lowest BCUT2D eigenvalue weighted by Crippen LogP contribution is -2.05. The highest BCUT2D eigenvalue weighted by atomic mass is 19.4. The third-order valence-corrected chi connectivity index (χ3v) is 6.13. The van der Waals surface area contributed by atoms with Crippen LogP contribution in [0.2, 0.25) is 0 Å². The lowest BCUT2D eigenvalue weighted by atomic mass is 9.95. The number of nitro benzene ring substituents is 2. The van der Waals surface area contributed by atoms with Gasteiger partial charge >= 0.3 is 12.4 Å². The Balaban J connectivity index is 1.90. The van der Waals surface area contributed by atoms with E-state index in [9.17, 15) is 57.1 Å². The van der Waals surface area contributed by atoms with E-state index >= 15 is 0 Å². The van der Waals surface area contributed by atoms with Crippen LogP contribution in [-0.2, 0) is 12.4 Å². The molecule has 0 saturated heterocycles. The van der Waals surface area contributed by atoms with Gasteiger partial charge in [0.1, 0.15) is 34.8 Å². The maximum atomic E-state index is 13.1. The van der Waals surface area contributed by atoms with Crippen LogP contribution in [0.5, 0.6) is 11.5 Å². The standard InChI is InChI=1S/C28H12F6N4O5/c29-27(30,31)17-5-1-15(2-6-17)25-19(13-35)23(11-9-21(25)37(39)40)43-24-12-10-22(38(41)42)26(20(24)14-36)16-3-7-18(8-4-16)28(32,33)34/h1-12H. The van der Waals surface area contributed by atoms with Gasteiger partial charge in [-0.3, -0.25) is 20.2 Å². The Morgan fingerprint density at radius 3 is 1.16 bits per heavy atom. The molecule has 4 aromatic rings. The monoisotopic (exact) mass is 598 g/mol. The molecule has 4 aromatic carbocycles. The first-order valence-corrected chi connectivity index (χ1v) is 11.6. The molecule has 216 valence electrons. The fraction of sp³-hybridized carbons (Fsp3) is 0.0714. The number of hydrogen-bond donors (Lipinski definition) is 0. The van der Waals surface area contributed by atoms with Crippen LogP contribution in [0.1, 0.15) is 22.3 Å². The van der Waals surface area contributed by atoms with Gasteiger partial charge in [-0.15, -0.1) is 0 Å². The van der Waals surface area contributed by atoms with Crippen LogP contribution in [0, 0.1) is 42.9 Å². The summed E-state index contributed by atoms with van der Waals surface area (Å²) in [5, 5.41) is 43.3. The smallest absolute Gasteiger partial charge is 0.416 e. The summed E-state index contributed by atoms with van der Waals surface area (Å²) in [6.45, 7) is 0. The van der Waals surface area contributed by atoms with Crippen LogP contribution in [-0.4, -0.2) is 9.85 Å². The zero-order valence-corrected chi connectivity index (χ0v) is 21.0. The second kappa shape index (κ2) is 11.1. The van der Waals surface area contributed by atoms with Gasteiger partial charge in [0.2, 0.25) is 0 Å². The van der Waals surface area contributed by atoms with Crippen molar-refractivity contribution in [1.29, 1.82) is 10.5 Å². The third kappa shape index (κ3) is 5.91. The van der Waals surface area contributed by atoms with Crippen molar-refractivity contribution >= 4 is 11.4 Å². The number of ether oxygens (including phenoxy) is 1. The van der Waals surface area contributed by atoms with E-state index in [0.717, 1.165) is 48.5 Å². The maximum absolute atomic E-state index is 13.1. The third-order valence-electron chi connectivity index (χ3n) is 6.13. The van der Waals surface area contributed by atoms with Crippen molar-refractivity contribution < 1.29 is 40.9 Å². The van der Waals surface area contributed by atoms with Crippen molar-refractivity contribution in [2.45, 2.75) is 12.4 Å². The minimum Gasteiger partial charge on any atom is -0.455 e. The average molecular weight is 598 g/mol. The molecule has 0 atom stereocenters. The summed E-state index contributed by atoms with van der Waals surface area (Å²) in [6, 6.07) is 13.6. The highest BCUT2D eigenvalue weighted by Crippen LogP contribution is 2.44. The summed E-state index contributed by atoms with van der Waals surface area (Å²) in [5.41, 5.74) is -5.51. The van der Waals surface area contributed by atoms with Gasteiger partial charge in [0.15, 0.2) is 0 Å². The summed E-state index contributed by atoms with van der Waals surface area (Å²) in [5.74, 6) is -0.793. The molecule has 43 heavy (non-hydrogen) atoms. The molecule has 15 heteroatoms. The first-order chi connectivity index (χ1) is 20.2. The van der Waals surface area contributed by atoms with Gasteiger partial charge < -0.3 is 4.74 Å². The minimum absolute atomic E-state index is 0.142. The molecular formula is C28H12F6N4O5. The van der Waals surface area contributed by atoms with Crippen LogP contribution in [0.25, 0.3) is 22.3 Å². The summed E-state index contributed by atoms with van der Waals surface area (Å²) in [4.78, 5) is 21.8. The predicted octanol–water partition coefficient (Wildman–Crippen LogP) is 8.41. The van der Waals surface area contributed by atoms with E-state index in [1.807, 2.05) is 0 Å². The molecule has 0 amide bonds. The van der Waals surface area contributed by atoms with Crippen LogP contribution in [0.3, 0.4) is 0 Å². The van der Waals surface area contributed by atoms with Gasteiger partial charge in [-0.2, -0.15) is 36.9 Å². The number of halogens is 6. The minimum atomic E-state index is -4.71.